The molecule has 4 amide bonds. The van der Waals surface area contributed by atoms with Gasteiger partial charge in [-0.1, -0.05) is 264 Å². The number of carbonyl (C=O) groups excluding carboxylic acids is 4. The zero-order valence-corrected chi connectivity index (χ0v) is 70.0. The molecule has 0 aromatic heterocycles. The lowest BCUT2D eigenvalue weighted by Crippen LogP contribution is -2.40. The predicted molar refractivity (Wildman–Crippen MR) is 451 cm³/mol. The van der Waals surface area contributed by atoms with Crippen molar-refractivity contribution < 1.29 is 47.6 Å². The highest BCUT2D eigenvalue weighted by molar-refractivity contribution is 6.45. The molecule has 0 saturated heterocycles. The number of hydrogen-bond donors (Lipinski definition) is 0. The fourth-order valence-electron chi connectivity index (χ4n) is 16.2. The second kappa shape index (κ2) is 40.7. The number of imide groups is 2. The Kier molecular flexibility index (Phi) is 32.0. The highest BCUT2D eigenvalue weighted by Gasteiger charge is 2.40. The Balaban J connectivity index is 1.08. The van der Waals surface area contributed by atoms with E-state index >= 15 is 19.2 Å². The number of rotatable bonds is 50. The van der Waals surface area contributed by atoms with Crippen molar-refractivity contribution in [2.45, 2.75) is 279 Å². The Morgan fingerprint density at radius 2 is 0.435 bits per heavy atom. The molecule has 7 aromatic carbocycles. The van der Waals surface area contributed by atoms with E-state index in [2.05, 4.69) is 125 Å². The van der Waals surface area contributed by atoms with Crippen LogP contribution >= 0.6 is 0 Å². The van der Waals surface area contributed by atoms with Crippen LogP contribution in [0.15, 0.2) is 72.8 Å². The molecule has 0 fully saturated rings. The van der Waals surface area contributed by atoms with E-state index in [0.717, 1.165) is 135 Å². The summed E-state index contributed by atoms with van der Waals surface area (Å²) < 4.78 is 41.0. The molecule has 0 unspecified atom stereocenters. The van der Waals surface area contributed by atoms with Gasteiger partial charge >= 0.3 is 0 Å². The minimum absolute atomic E-state index is 0.353. The number of fused-ring (bicyclic) bond motifs is 2. The summed E-state index contributed by atoms with van der Waals surface area (Å²) in [5.74, 6) is 7.58. The molecule has 0 radical (unpaired) electrons. The van der Waals surface area contributed by atoms with Gasteiger partial charge in [0.05, 0.1) is 51.0 Å². The SMILES string of the molecule is CC(C)CCC[C@H](C)CCOc1cc(N2C(=O)c3ccc4c5ccc6c7c(ccc(c8ccc(c3c48)C2=O)c75)C(=O)N(c2cc(OCC[C@@H](C)CCCC(C)C)c(OCC[C@@H](C)CCCC(C)C)c(OCC[C@@H](C)CCCC(C)C)c2)C6=O)cc(OCC[C@@H](C)CCCC(C)C)c1OCC[C@@H](C)CCCC(C)C. The first kappa shape index (κ1) is 84.9. The second-order valence-electron chi connectivity index (χ2n) is 36.0. The van der Waals surface area contributed by atoms with Crippen LogP contribution < -0.4 is 38.2 Å². The zero-order valence-electron chi connectivity index (χ0n) is 70.0. The second-order valence-corrected chi connectivity index (χ2v) is 36.0. The third-order valence-corrected chi connectivity index (χ3v) is 23.2. The fourth-order valence-corrected chi connectivity index (χ4v) is 16.2. The summed E-state index contributed by atoms with van der Waals surface area (Å²) in [4.78, 5) is 65.2. The Morgan fingerprint density at radius 1 is 0.241 bits per heavy atom. The van der Waals surface area contributed by atoms with Crippen molar-refractivity contribution >= 4 is 78.1 Å². The van der Waals surface area contributed by atoms with Crippen LogP contribution in [-0.4, -0.2) is 63.3 Å². The van der Waals surface area contributed by atoms with E-state index in [0.29, 0.717) is 190 Å². The lowest BCUT2D eigenvalue weighted by atomic mass is 9.82. The van der Waals surface area contributed by atoms with Crippen LogP contribution in [-0.2, 0) is 0 Å². The molecule has 2 aliphatic rings. The van der Waals surface area contributed by atoms with Gasteiger partial charge in [0.1, 0.15) is 0 Å². The quantitative estimate of drug-likeness (QED) is 0.0206. The van der Waals surface area contributed by atoms with E-state index in [1.807, 2.05) is 72.8 Å². The summed E-state index contributed by atoms with van der Waals surface area (Å²) in [5.41, 5.74) is 2.28. The van der Waals surface area contributed by atoms with Gasteiger partial charge < -0.3 is 28.4 Å². The highest BCUT2D eigenvalue weighted by atomic mass is 16.5. The van der Waals surface area contributed by atoms with Crippen molar-refractivity contribution in [3.63, 3.8) is 0 Å². The van der Waals surface area contributed by atoms with E-state index in [-0.39, 0.29) is 0 Å². The number of ether oxygens (including phenoxy) is 6. The first-order chi connectivity index (χ1) is 51.7. The van der Waals surface area contributed by atoms with Gasteiger partial charge in [0.25, 0.3) is 23.6 Å². The normalized spacial score (nSPS) is 15.1. The average Bonchev–Trinajstić information content (AvgIpc) is 0.689. The van der Waals surface area contributed by atoms with Crippen LogP contribution in [0.1, 0.15) is 320 Å². The standard InChI is InChI=1S/C96H138N2O10/c1-61(2)25-19-31-67(13)45-51-103-83-57-73(58-84(104-52-46-68(14)32-20-26-62(3)4)91(83)107-55-49-71(17)35-23-29-65(9)10)97-93(99)79-41-37-75-77-39-43-81-90-82(44-40-78(88(77)90)76-38-42-80(94(97)100)89(79)87(75)76)96(102)98(95(81)101)74-59-85(105-53-47-69(15)33-21-27-63(5)6)92(108-56-50-72(18)36-24-30-66(11)12)86(60-74)106-54-48-70(16)34-22-28-64(7)8/h37-44,57-72H,19-36,45-56H2,1-18H3/t67-,68-,69-,70-,71-,72-/m0/s1. The minimum atomic E-state index is -0.455. The monoisotopic (exact) mass is 1480 g/mol. The third kappa shape index (κ3) is 22.6. The molecule has 12 nitrogen and oxygen atoms in total. The van der Waals surface area contributed by atoms with Gasteiger partial charge in [-0.05, 0) is 166 Å². The van der Waals surface area contributed by atoms with Crippen molar-refractivity contribution in [1.82, 2.24) is 0 Å². The van der Waals surface area contributed by atoms with Gasteiger partial charge in [0.15, 0.2) is 23.0 Å². The lowest BCUT2D eigenvalue weighted by Gasteiger charge is -2.31. The fraction of sp³-hybridized carbons (Fsp3) is 0.625. The molecule has 592 valence electrons. The van der Waals surface area contributed by atoms with Gasteiger partial charge in [-0.2, -0.15) is 0 Å². The Labute approximate surface area is 650 Å². The van der Waals surface area contributed by atoms with E-state index in [4.69, 9.17) is 28.4 Å². The Morgan fingerprint density at radius 3 is 0.630 bits per heavy atom. The van der Waals surface area contributed by atoms with Crippen LogP contribution in [0.5, 0.6) is 34.5 Å². The van der Waals surface area contributed by atoms with E-state index < -0.39 is 23.6 Å². The number of anilines is 2. The maximum absolute atomic E-state index is 15.7. The smallest absolute Gasteiger partial charge is 0.265 e. The molecule has 0 N–H and O–H groups in total. The molecule has 6 atom stereocenters. The van der Waals surface area contributed by atoms with Crippen LogP contribution in [0, 0.1) is 71.0 Å². The summed E-state index contributed by atoms with van der Waals surface area (Å²) in [6.45, 7) is 43.7. The summed E-state index contributed by atoms with van der Waals surface area (Å²) >= 11 is 0. The van der Waals surface area contributed by atoms with Gasteiger partial charge in [0.2, 0.25) is 11.5 Å². The van der Waals surface area contributed by atoms with Crippen LogP contribution in [0.3, 0.4) is 0 Å². The number of benzene rings is 7. The third-order valence-electron chi connectivity index (χ3n) is 23.2. The van der Waals surface area contributed by atoms with Gasteiger partial charge in [0, 0.05) is 57.3 Å². The molecule has 2 aliphatic heterocycles. The maximum atomic E-state index is 15.7. The largest absolute Gasteiger partial charge is 0.489 e. The molecular formula is C96H138N2O10. The van der Waals surface area contributed by atoms with E-state index in [1.165, 1.54) is 61.2 Å². The van der Waals surface area contributed by atoms with Crippen molar-refractivity contribution in [2.24, 2.45) is 71.0 Å². The molecule has 2 heterocycles. The number of nitrogens with zero attached hydrogens (tertiary/aromatic N) is 2. The topological polar surface area (TPSA) is 130 Å². The predicted octanol–water partition coefficient (Wildman–Crippen LogP) is 26.7. The zero-order chi connectivity index (χ0) is 77.9. The van der Waals surface area contributed by atoms with Crippen molar-refractivity contribution in [3.8, 4) is 34.5 Å². The Hall–Kier alpha value is -7.08. The number of carbonyl (C=O) groups is 4. The van der Waals surface area contributed by atoms with Crippen LogP contribution in [0.4, 0.5) is 11.4 Å². The summed E-state index contributed by atoms with van der Waals surface area (Å²) in [5, 5.41) is 5.93. The highest BCUT2D eigenvalue weighted by Crippen LogP contribution is 2.51. The molecule has 9 rings (SSSR count). The molecule has 0 spiro atoms. The number of amides is 4. The summed E-state index contributed by atoms with van der Waals surface area (Å²) in [6.07, 6.45) is 25.8. The average molecular weight is 1480 g/mol. The molecule has 0 saturated carbocycles. The van der Waals surface area contributed by atoms with Gasteiger partial charge in [-0.3, -0.25) is 19.2 Å². The molecule has 12 heteroatoms. The molecule has 108 heavy (non-hydrogen) atoms. The molecule has 0 aliphatic carbocycles. The van der Waals surface area contributed by atoms with E-state index in [9.17, 15) is 0 Å². The number of hydrogen-bond acceptors (Lipinski definition) is 10. The first-order valence-electron chi connectivity index (χ1n) is 42.8. The molecular weight excluding hydrogens is 1340 g/mol. The first-order valence-corrected chi connectivity index (χ1v) is 42.8. The van der Waals surface area contributed by atoms with Crippen molar-refractivity contribution in [2.75, 3.05) is 49.4 Å². The summed E-state index contributed by atoms with van der Waals surface area (Å²) in [7, 11) is 0. The van der Waals surface area contributed by atoms with Crippen molar-refractivity contribution in [1.29, 1.82) is 0 Å². The van der Waals surface area contributed by atoms with Crippen LogP contribution in [0.2, 0.25) is 0 Å². The minimum Gasteiger partial charge on any atom is -0.489 e. The molecule has 7 aromatic rings. The van der Waals surface area contributed by atoms with Gasteiger partial charge in [-0.25, -0.2) is 9.80 Å². The van der Waals surface area contributed by atoms with Crippen molar-refractivity contribution in [3.05, 3.63) is 95.1 Å². The van der Waals surface area contributed by atoms with E-state index in [1.54, 1.807) is 0 Å². The maximum Gasteiger partial charge on any atom is 0.265 e. The lowest BCUT2D eigenvalue weighted by molar-refractivity contribution is 0.0877. The Bertz CT molecular complexity index is 3590. The van der Waals surface area contributed by atoms with Crippen LogP contribution in [0.25, 0.3) is 43.1 Å². The summed E-state index contributed by atoms with van der Waals surface area (Å²) in [6, 6.07) is 22.5. The molecule has 0 bridgehead atoms. The van der Waals surface area contributed by atoms with Gasteiger partial charge in [-0.15, -0.1) is 0 Å².